The lowest BCUT2D eigenvalue weighted by Crippen LogP contribution is -2.20. The van der Waals surface area contributed by atoms with Crippen LogP contribution in [0.25, 0.3) is 12.2 Å². The van der Waals surface area contributed by atoms with Gasteiger partial charge in [-0.05, 0) is 49.4 Å². The van der Waals surface area contributed by atoms with E-state index in [1.165, 1.54) is 18.4 Å². The minimum Gasteiger partial charge on any atom is -0.465 e. The lowest BCUT2D eigenvalue weighted by Gasteiger charge is -2.08. The maximum atomic E-state index is 12.3. The Hall–Kier alpha value is -3.87. The van der Waals surface area contributed by atoms with Crippen molar-refractivity contribution in [1.29, 1.82) is 0 Å². The molecule has 7 heteroatoms. The fraction of sp³-hybridized carbons (Fsp3) is 0.0952. The first-order chi connectivity index (χ1) is 13.6. The molecule has 0 aliphatic heterocycles. The van der Waals surface area contributed by atoms with E-state index in [1.54, 1.807) is 55.5 Å². The van der Waals surface area contributed by atoms with Crippen LogP contribution in [0.15, 0.2) is 68.4 Å². The fourth-order valence-corrected chi connectivity index (χ4v) is 2.39. The first-order valence-corrected chi connectivity index (χ1v) is 8.51. The van der Waals surface area contributed by atoms with Crippen LogP contribution in [0.3, 0.4) is 0 Å². The molecule has 0 unspecified atom stereocenters. The molecule has 0 aliphatic rings. The topological polar surface area (TPSA) is 98.8 Å². The summed E-state index contributed by atoms with van der Waals surface area (Å²) < 4.78 is 15.4. The number of rotatable bonds is 6. The number of carbonyl (C=O) groups is 2. The maximum Gasteiger partial charge on any atom is 0.360 e. The molecule has 1 aromatic carbocycles. The Morgan fingerprint density at radius 2 is 1.89 bits per heavy atom. The van der Waals surface area contributed by atoms with Crippen LogP contribution in [0.4, 0.5) is 5.69 Å². The predicted molar refractivity (Wildman–Crippen MR) is 103 cm³/mol. The van der Waals surface area contributed by atoms with Crippen LogP contribution >= 0.6 is 0 Å². The zero-order valence-electron chi connectivity index (χ0n) is 15.0. The fourth-order valence-electron chi connectivity index (χ4n) is 2.39. The van der Waals surface area contributed by atoms with E-state index in [0.717, 1.165) is 0 Å². The molecule has 0 atom stereocenters. The Bertz CT molecular complexity index is 1050. The highest BCUT2D eigenvalue weighted by Gasteiger charge is 2.19. The smallest absolute Gasteiger partial charge is 0.360 e. The van der Waals surface area contributed by atoms with E-state index in [-0.39, 0.29) is 23.6 Å². The number of hydrogen-bond donors (Lipinski definition) is 1. The molecule has 3 rings (SSSR count). The molecule has 0 aliphatic carbocycles. The largest absolute Gasteiger partial charge is 0.465 e. The number of furan rings is 1. The molecule has 2 aromatic heterocycles. The molecule has 1 N–H and O–H groups in total. The van der Waals surface area contributed by atoms with Crippen molar-refractivity contribution in [2.75, 3.05) is 11.9 Å². The number of amides is 1. The molecule has 3 aromatic rings. The van der Waals surface area contributed by atoms with Crippen molar-refractivity contribution >= 4 is 29.7 Å². The molecule has 1 amide bonds. The van der Waals surface area contributed by atoms with Crippen molar-refractivity contribution in [3.8, 4) is 0 Å². The summed E-state index contributed by atoms with van der Waals surface area (Å²) in [4.78, 5) is 36.9. The van der Waals surface area contributed by atoms with Crippen LogP contribution in [-0.2, 0) is 4.74 Å². The number of ether oxygens (including phenoxy) is 1. The van der Waals surface area contributed by atoms with Crippen molar-refractivity contribution in [1.82, 2.24) is 0 Å². The molecular formula is C21H17NO6. The standard InChI is InChI=1S/C21H17NO6/c1-2-26-20(24)16-13-17(22-19(23)14-7-4-3-5-8-14)21(25)28-18(16)11-10-15-9-6-12-27-15/h3-13H,2H2,1H3,(H,22,23)/b11-10+. The molecule has 0 bridgehead atoms. The lowest BCUT2D eigenvalue weighted by molar-refractivity contribution is 0.0522. The average Bonchev–Trinajstić information content (AvgIpc) is 3.22. The van der Waals surface area contributed by atoms with Gasteiger partial charge in [-0.1, -0.05) is 18.2 Å². The highest BCUT2D eigenvalue weighted by Crippen LogP contribution is 2.17. The van der Waals surface area contributed by atoms with Gasteiger partial charge in [0.25, 0.3) is 5.91 Å². The molecule has 0 spiro atoms. The number of anilines is 1. The second-order valence-corrected chi connectivity index (χ2v) is 5.61. The van der Waals surface area contributed by atoms with Gasteiger partial charge in [0.05, 0.1) is 12.9 Å². The summed E-state index contributed by atoms with van der Waals surface area (Å²) in [7, 11) is 0. The van der Waals surface area contributed by atoms with Gasteiger partial charge in [-0.25, -0.2) is 9.59 Å². The third-order valence-electron chi connectivity index (χ3n) is 3.70. The van der Waals surface area contributed by atoms with Crippen molar-refractivity contribution in [3.05, 3.63) is 87.9 Å². The minimum atomic E-state index is -0.795. The normalized spacial score (nSPS) is 10.8. The SMILES string of the molecule is CCOC(=O)c1cc(NC(=O)c2ccccc2)c(=O)oc1/C=C/c1ccco1. The van der Waals surface area contributed by atoms with Crippen molar-refractivity contribution in [2.24, 2.45) is 0 Å². The van der Waals surface area contributed by atoms with Crippen LogP contribution in [0.2, 0.25) is 0 Å². The third-order valence-corrected chi connectivity index (χ3v) is 3.70. The predicted octanol–water partition coefficient (Wildman–Crippen LogP) is 3.83. The zero-order chi connectivity index (χ0) is 19.9. The first-order valence-electron chi connectivity index (χ1n) is 8.51. The van der Waals surface area contributed by atoms with Gasteiger partial charge in [-0.15, -0.1) is 0 Å². The monoisotopic (exact) mass is 379 g/mol. The van der Waals surface area contributed by atoms with Gasteiger partial charge in [0.15, 0.2) is 0 Å². The quantitative estimate of drug-likeness (QED) is 0.654. The lowest BCUT2D eigenvalue weighted by atomic mass is 10.1. The Morgan fingerprint density at radius 3 is 2.57 bits per heavy atom. The number of esters is 1. The van der Waals surface area contributed by atoms with Crippen LogP contribution in [0, 0.1) is 0 Å². The van der Waals surface area contributed by atoms with E-state index in [0.29, 0.717) is 11.3 Å². The molecule has 0 radical (unpaired) electrons. The number of carbonyl (C=O) groups excluding carboxylic acids is 2. The van der Waals surface area contributed by atoms with E-state index >= 15 is 0 Å². The Labute approximate surface area is 160 Å². The van der Waals surface area contributed by atoms with Gasteiger partial charge in [-0.2, -0.15) is 0 Å². The van der Waals surface area contributed by atoms with E-state index in [9.17, 15) is 14.4 Å². The molecular weight excluding hydrogens is 362 g/mol. The second-order valence-electron chi connectivity index (χ2n) is 5.61. The van der Waals surface area contributed by atoms with Gasteiger partial charge in [-0.3, -0.25) is 4.79 Å². The number of nitrogens with one attached hydrogen (secondary N) is 1. The Kier molecular flexibility index (Phi) is 5.86. The van der Waals surface area contributed by atoms with Gasteiger partial charge in [0, 0.05) is 5.56 Å². The maximum absolute atomic E-state index is 12.3. The van der Waals surface area contributed by atoms with Gasteiger partial charge in [0.2, 0.25) is 0 Å². The average molecular weight is 379 g/mol. The zero-order valence-corrected chi connectivity index (χ0v) is 15.0. The van der Waals surface area contributed by atoms with E-state index < -0.39 is 17.5 Å². The molecule has 28 heavy (non-hydrogen) atoms. The van der Waals surface area contributed by atoms with Crippen LogP contribution in [0.5, 0.6) is 0 Å². The molecule has 7 nitrogen and oxygen atoms in total. The summed E-state index contributed by atoms with van der Waals surface area (Å²) in [6, 6.07) is 13.0. The van der Waals surface area contributed by atoms with Gasteiger partial charge >= 0.3 is 11.6 Å². The van der Waals surface area contributed by atoms with Gasteiger partial charge in [0.1, 0.15) is 22.8 Å². The summed E-state index contributed by atoms with van der Waals surface area (Å²) in [5.74, 6) is -0.668. The summed E-state index contributed by atoms with van der Waals surface area (Å²) in [6.07, 6.45) is 4.46. The van der Waals surface area contributed by atoms with Crippen molar-refractivity contribution < 1.29 is 23.2 Å². The first kappa shape index (κ1) is 18.9. The minimum absolute atomic E-state index is 0.00226. The summed E-state index contributed by atoms with van der Waals surface area (Å²) >= 11 is 0. The molecule has 0 fully saturated rings. The second kappa shape index (κ2) is 8.68. The van der Waals surface area contributed by atoms with E-state index in [1.807, 2.05) is 0 Å². The Morgan fingerprint density at radius 1 is 1.11 bits per heavy atom. The third kappa shape index (κ3) is 4.45. The molecule has 2 heterocycles. The number of benzene rings is 1. The summed E-state index contributed by atoms with van der Waals surface area (Å²) in [5, 5.41) is 2.47. The van der Waals surface area contributed by atoms with Crippen LogP contribution in [0.1, 0.15) is 39.2 Å². The summed E-state index contributed by atoms with van der Waals surface area (Å²) in [5.41, 5.74) is -0.586. The van der Waals surface area contributed by atoms with Gasteiger partial charge < -0.3 is 18.9 Å². The summed E-state index contributed by atoms with van der Waals surface area (Å²) in [6.45, 7) is 1.80. The highest BCUT2D eigenvalue weighted by atomic mass is 16.5. The molecule has 0 saturated carbocycles. The highest BCUT2D eigenvalue weighted by molar-refractivity contribution is 6.05. The van der Waals surface area contributed by atoms with E-state index in [2.05, 4.69) is 5.32 Å². The van der Waals surface area contributed by atoms with Crippen molar-refractivity contribution in [2.45, 2.75) is 6.92 Å². The van der Waals surface area contributed by atoms with E-state index in [4.69, 9.17) is 13.6 Å². The van der Waals surface area contributed by atoms with Crippen molar-refractivity contribution in [3.63, 3.8) is 0 Å². The number of hydrogen-bond acceptors (Lipinski definition) is 6. The van der Waals surface area contributed by atoms with Crippen LogP contribution in [-0.4, -0.2) is 18.5 Å². The molecule has 0 saturated heterocycles. The molecule has 142 valence electrons. The van der Waals surface area contributed by atoms with Crippen LogP contribution < -0.4 is 10.9 Å². The Balaban J connectivity index is 1.96.